The third-order valence-electron chi connectivity index (χ3n) is 7.71. The van der Waals surface area contributed by atoms with Gasteiger partial charge in [0.15, 0.2) is 5.78 Å². The molecule has 4 rings (SSSR count). The van der Waals surface area contributed by atoms with Gasteiger partial charge in [0.1, 0.15) is 0 Å². The Balaban J connectivity index is 1.29. The molecule has 36 heavy (non-hydrogen) atoms. The highest BCUT2D eigenvalue weighted by molar-refractivity contribution is 6.09. The van der Waals surface area contributed by atoms with Gasteiger partial charge in [-0.2, -0.15) is 0 Å². The summed E-state index contributed by atoms with van der Waals surface area (Å²) in [6, 6.07) is 26.0. The molecule has 1 saturated carbocycles. The number of likely N-dealkylation sites (N-methyl/N-ethyl adjacent to an activating group) is 1. The molecule has 3 aromatic carbocycles. The number of rotatable bonds is 9. The molecule has 4 nitrogen and oxygen atoms in total. The van der Waals surface area contributed by atoms with E-state index in [0.717, 1.165) is 37.7 Å². The van der Waals surface area contributed by atoms with Gasteiger partial charge in [0.2, 0.25) is 5.91 Å². The van der Waals surface area contributed by atoms with E-state index in [9.17, 15) is 9.59 Å². The van der Waals surface area contributed by atoms with Gasteiger partial charge in [0, 0.05) is 29.1 Å². The average Bonchev–Trinajstić information content (AvgIpc) is 2.89. The minimum Gasteiger partial charge on any atom is -0.353 e. The molecule has 0 aromatic heterocycles. The second kappa shape index (κ2) is 11.7. The molecule has 0 radical (unpaired) electrons. The predicted octanol–water partition coefficient (Wildman–Crippen LogP) is 5.76. The van der Waals surface area contributed by atoms with Crippen molar-refractivity contribution in [1.82, 2.24) is 10.2 Å². The van der Waals surface area contributed by atoms with E-state index >= 15 is 0 Å². The third kappa shape index (κ3) is 6.50. The summed E-state index contributed by atoms with van der Waals surface area (Å²) in [5, 5.41) is 3.28. The second-order valence-corrected chi connectivity index (χ2v) is 10.5. The first-order valence-electron chi connectivity index (χ1n) is 13.1. The number of hydrogen-bond donors (Lipinski definition) is 1. The van der Waals surface area contributed by atoms with Crippen LogP contribution in [0.1, 0.15) is 64.7 Å². The number of carbonyl (C=O) groups is 2. The van der Waals surface area contributed by atoms with Crippen LogP contribution in [0.5, 0.6) is 0 Å². The van der Waals surface area contributed by atoms with E-state index in [1.807, 2.05) is 54.6 Å². The Labute approximate surface area is 215 Å². The van der Waals surface area contributed by atoms with Crippen molar-refractivity contribution in [1.29, 1.82) is 0 Å². The lowest BCUT2D eigenvalue weighted by Gasteiger charge is -2.45. The molecule has 0 atom stereocenters. The summed E-state index contributed by atoms with van der Waals surface area (Å²) in [5.41, 5.74) is 5.19. The fourth-order valence-electron chi connectivity index (χ4n) is 5.47. The van der Waals surface area contributed by atoms with Crippen molar-refractivity contribution in [3.05, 3.63) is 107 Å². The van der Waals surface area contributed by atoms with Crippen molar-refractivity contribution < 1.29 is 9.59 Å². The SMILES string of the molecule is Cc1cccc(CC2(N(C)C)CCC(NC(=O)CCc3cccc(C(=O)c4ccccc4)c3)CC2)c1. The summed E-state index contributed by atoms with van der Waals surface area (Å²) in [7, 11) is 4.37. The highest BCUT2D eigenvalue weighted by Crippen LogP contribution is 2.35. The number of benzene rings is 3. The maximum Gasteiger partial charge on any atom is 0.220 e. The van der Waals surface area contributed by atoms with Gasteiger partial charge in [-0.05, 0) is 76.7 Å². The van der Waals surface area contributed by atoms with E-state index in [0.29, 0.717) is 24.0 Å². The zero-order chi connectivity index (χ0) is 25.5. The molecule has 1 fully saturated rings. The van der Waals surface area contributed by atoms with E-state index < -0.39 is 0 Å². The van der Waals surface area contributed by atoms with E-state index in [-0.39, 0.29) is 23.3 Å². The number of hydrogen-bond acceptors (Lipinski definition) is 3. The highest BCUT2D eigenvalue weighted by Gasteiger charge is 2.37. The molecule has 4 heteroatoms. The van der Waals surface area contributed by atoms with Crippen molar-refractivity contribution >= 4 is 11.7 Å². The molecule has 0 saturated heterocycles. The van der Waals surface area contributed by atoms with Crippen LogP contribution in [-0.2, 0) is 17.6 Å². The van der Waals surface area contributed by atoms with Crippen LogP contribution in [-0.4, -0.2) is 42.3 Å². The minimum atomic E-state index is 0.0131. The van der Waals surface area contributed by atoms with Crippen molar-refractivity contribution in [2.45, 2.75) is 63.5 Å². The molecule has 0 spiro atoms. The quantitative estimate of drug-likeness (QED) is 0.395. The van der Waals surface area contributed by atoms with Crippen LogP contribution in [0, 0.1) is 6.92 Å². The first kappa shape index (κ1) is 25.8. The fraction of sp³-hybridized carbons (Fsp3) is 0.375. The summed E-state index contributed by atoms with van der Waals surface area (Å²) < 4.78 is 0. The maximum atomic E-state index is 12.8. The number of nitrogens with zero attached hydrogens (tertiary/aromatic N) is 1. The van der Waals surface area contributed by atoms with E-state index in [1.54, 1.807) is 0 Å². The molecule has 1 amide bonds. The van der Waals surface area contributed by atoms with Gasteiger partial charge in [-0.1, -0.05) is 78.4 Å². The predicted molar refractivity (Wildman–Crippen MR) is 146 cm³/mol. The minimum absolute atomic E-state index is 0.0131. The highest BCUT2D eigenvalue weighted by atomic mass is 16.1. The van der Waals surface area contributed by atoms with Gasteiger partial charge in [-0.15, -0.1) is 0 Å². The monoisotopic (exact) mass is 482 g/mol. The van der Waals surface area contributed by atoms with Gasteiger partial charge in [-0.3, -0.25) is 9.59 Å². The van der Waals surface area contributed by atoms with Crippen LogP contribution in [0.25, 0.3) is 0 Å². The van der Waals surface area contributed by atoms with Crippen molar-refractivity contribution in [2.75, 3.05) is 14.1 Å². The summed E-state index contributed by atoms with van der Waals surface area (Å²) >= 11 is 0. The van der Waals surface area contributed by atoms with Gasteiger partial charge < -0.3 is 10.2 Å². The van der Waals surface area contributed by atoms with Crippen LogP contribution in [0.4, 0.5) is 0 Å². The Morgan fingerprint density at radius 3 is 2.22 bits per heavy atom. The Hall–Kier alpha value is -3.24. The number of ketones is 1. The Morgan fingerprint density at radius 1 is 0.861 bits per heavy atom. The molecule has 1 aliphatic rings. The molecule has 3 aromatic rings. The molecule has 1 N–H and O–H groups in total. The summed E-state index contributed by atoms with van der Waals surface area (Å²) in [6.07, 6.45) is 6.24. The molecular weight excluding hydrogens is 444 g/mol. The van der Waals surface area contributed by atoms with Gasteiger partial charge in [0.05, 0.1) is 0 Å². The van der Waals surface area contributed by atoms with Gasteiger partial charge in [-0.25, -0.2) is 0 Å². The van der Waals surface area contributed by atoms with E-state index in [1.165, 1.54) is 11.1 Å². The average molecular weight is 483 g/mol. The molecule has 188 valence electrons. The van der Waals surface area contributed by atoms with Crippen LogP contribution in [0.2, 0.25) is 0 Å². The molecule has 0 heterocycles. The van der Waals surface area contributed by atoms with Crippen LogP contribution in [0.3, 0.4) is 0 Å². The van der Waals surface area contributed by atoms with E-state index in [4.69, 9.17) is 0 Å². The number of amides is 1. The molecule has 1 aliphatic carbocycles. The molecule has 0 aliphatic heterocycles. The summed E-state index contributed by atoms with van der Waals surface area (Å²) in [6.45, 7) is 2.15. The summed E-state index contributed by atoms with van der Waals surface area (Å²) in [5.74, 6) is 0.106. The topological polar surface area (TPSA) is 49.4 Å². The third-order valence-corrected chi connectivity index (χ3v) is 7.71. The number of carbonyl (C=O) groups excluding carboxylic acids is 2. The smallest absolute Gasteiger partial charge is 0.220 e. The lowest BCUT2D eigenvalue weighted by Crippen LogP contribution is -2.52. The van der Waals surface area contributed by atoms with Crippen molar-refractivity contribution in [3.8, 4) is 0 Å². The molecule has 0 bridgehead atoms. The Bertz CT molecular complexity index is 1180. The van der Waals surface area contributed by atoms with Crippen LogP contribution in [0.15, 0.2) is 78.9 Å². The normalized spacial score (nSPS) is 19.7. The first-order chi connectivity index (χ1) is 17.3. The zero-order valence-corrected chi connectivity index (χ0v) is 21.8. The lowest BCUT2D eigenvalue weighted by molar-refractivity contribution is -0.122. The fourth-order valence-corrected chi connectivity index (χ4v) is 5.47. The van der Waals surface area contributed by atoms with Crippen LogP contribution >= 0.6 is 0 Å². The van der Waals surface area contributed by atoms with Gasteiger partial charge in [0.25, 0.3) is 0 Å². The van der Waals surface area contributed by atoms with Gasteiger partial charge >= 0.3 is 0 Å². The lowest BCUT2D eigenvalue weighted by atomic mass is 9.74. The van der Waals surface area contributed by atoms with Crippen LogP contribution < -0.4 is 5.32 Å². The standard InChI is InChI=1S/C32H38N2O2/c1-24-9-7-11-26(21-24)23-32(34(2)3)19-17-29(18-20-32)33-30(35)16-15-25-10-8-14-28(22-25)31(36)27-12-5-4-6-13-27/h4-14,21-22,29H,15-20,23H2,1-3H3,(H,33,35). The Kier molecular flexibility index (Phi) is 8.37. The maximum absolute atomic E-state index is 12.8. The van der Waals surface area contributed by atoms with Crippen molar-refractivity contribution in [3.63, 3.8) is 0 Å². The Morgan fingerprint density at radius 2 is 1.53 bits per heavy atom. The molecular formula is C32H38N2O2. The zero-order valence-electron chi connectivity index (χ0n) is 21.8. The second-order valence-electron chi connectivity index (χ2n) is 10.5. The first-order valence-corrected chi connectivity index (χ1v) is 13.1. The summed E-state index contributed by atoms with van der Waals surface area (Å²) in [4.78, 5) is 27.9. The van der Waals surface area contributed by atoms with E-state index in [2.05, 4.69) is 55.5 Å². The largest absolute Gasteiger partial charge is 0.353 e. The number of nitrogens with one attached hydrogen (secondary N) is 1. The molecule has 0 unspecified atom stereocenters. The van der Waals surface area contributed by atoms with Crippen molar-refractivity contribution in [2.24, 2.45) is 0 Å². The number of aryl methyl sites for hydroxylation is 2.